The Kier molecular flexibility index (Phi) is 5.55. The Hall–Kier alpha value is -0.680. The van der Waals surface area contributed by atoms with E-state index in [1.54, 1.807) is 20.8 Å². The molecule has 0 aromatic carbocycles. The summed E-state index contributed by atoms with van der Waals surface area (Å²) in [7, 11) is -3.43. The van der Waals surface area contributed by atoms with Crippen molar-refractivity contribution in [1.29, 1.82) is 0 Å². The first-order valence-corrected chi connectivity index (χ1v) is 7.31. The van der Waals surface area contributed by atoms with Crippen LogP contribution in [0, 0.1) is 12.8 Å². The molecule has 0 aliphatic heterocycles. The maximum Gasteiger partial charge on any atom is 0.311 e. The highest BCUT2D eigenvalue weighted by molar-refractivity contribution is 7.96. The van der Waals surface area contributed by atoms with Gasteiger partial charge in [0, 0.05) is 6.26 Å². The molecule has 0 N–H and O–H groups in total. The standard InChI is InChI=1S/C11H18ClO4S/c1-8(6-9(12)17(5,14)15)7-10(13)16-11(2,3)4/h6,8H,1,7H2,2-5H3/q+1/b9-6+. The van der Waals surface area contributed by atoms with E-state index >= 15 is 0 Å². The summed E-state index contributed by atoms with van der Waals surface area (Å²) in [5.41, 5.74) is -0.568. The molecule has 17 heavy (non-hydrogen) atoms. The zero-order chi connectivity index (χ0) is 13.9. The highest BCUT2D eigenvalue weighted by Gasteiger charge is 2.21. The molecule has 0 saturated carbocycles. The third kappa shape index (κ3) is 8.10. The van der Waals surface area contributed by atoms with E-state index < -0.39 is 27.3 Å². The molecule has 1 unspecified atom stereocenters. The fourth-order valence-corrected chi connectivity index (χ4v) is 1.58. The van der Waals surface area contributed by atoms with Gasteiger partial charge in [-0.1, -0.05) is 11.6 Å². The van der Waals surface area contributed by atoms with Crippen LogP contribution in [-0.2, 0) is 19.4 Å². The molecule has 0 aromatic heterocycles. The van der Waals surface area contributed by atoms with Gasteiger partial charge < -0.3 is 4.74 Å². The van der Waals surface area contributed by atoms with Crippen LogP contribution >= 0.6 is 11.6 Å². The van der Waals surface area contributed by atoms with Crippen molar-refractivity contribution in [3.8, 4) is 0 Å². The average molecular weight is 282 g/mol. The van der Waals surface area contributed by atoms with Crippen molar-refractivity contribution >= 4 is 27.4 Å². The van der Waals surface area contributed by atoms with Gasteiger partial charge in [0.15, 0.2) is 9.84 Å². The number of rotatable bonds is 4. The Bertz CT molecular complexity index is 404. The van der Waals surface area contributed by atoms with Gasteiger partial charge in [-0.2, -0.15) is 0 Å². The van der Waals surface area contributed by atoms with Crippen LogP contribution in [0.1, 0.15) is 27.2 Å². The van der Waals surface area contributed by atoms with Gasteiger partial charge >= 0.3 is 5.97 Å². The van der Waals surface area contributed by atoms with Gasteiger partial charge in [0.1, 0.15) is 15.9 Å². The number of ether oxygens (including phenoxy) is 1. The fraction of sp³-hybridized carbons (Fsp3) is 0.636. The number of carbonyl (C=O) groups is 1. The Morgan fingerprint density at radius 1 is 1.47 bits per heavy atom. The second-order valence-corrected chi connectivity index (χ2v) is 7.41. The monoisotopic (exact) mass is 281 g/mol. The Morgan fingerprint density at radius 3 is 2.29 bits per heavy atom. The molecule has 0 bridgehead atoms. The van der Waals surface area contributed by atoms with Crippen molar-refractivity contribution in [2.45, 2.75) is 32.8 Å². The first kappa shape index (κ1) is 16.3. The zero-order valence-corrected chi connectivity index (χ0v) is 12.1. The summed E-state index contributed by atoms with van der Waals surface area (Å²) in [4.78, 5) is 11.4. The van der Waals surface area contributed by atoms with E-state index in [0.29, 0.717) is 0 Å². The number of allylic oxidation sites excluding steroid dienone is 1. The SMILES string of the molecule is [CH2+]C(/C=C(\Cl)S(C)(=O)=O)CC(=O)OC(C)(C)C. The molecule has 0 rings (SSSR count). The van der Waals surface area contributed by atoms with Gasteiger partial charge in [-0.05, 0) is 26.8 Å². The highest BCUT2D eigenvalue weighted by atomic mass is 35.5. The predicted octanol–water partition coefficient (Wildman–Crippen LogP) is 2.29. The molecule has 0 saturated heterocycles. The van der Waals surface area contributed by atoms with Crippen LogP contribution in [-0.4, -0.2) is 26.2 Å². The van der Waals surface area contributed by atoms with Crippen molar-refractivity contribution in [2.24, 2.45) is 5.92 Å². The fourth-order valence-electron chi connectivity index (χ4n) is 0.965. The molecule has 0 aromatic rings. The minimum atomic E-state index is -3.43. The summed E-state index contributed by atoms with van der Waals surface area (Å²) in [6.45, 7) is 8.89. The predicted molar refractivity (Wildman–Crippen MR) is 68.1 cm³/mol. The average Bonchev–Trinajstić information content (AvgIpc) is 1.96. The van der Waals surface area contributed by atoms with Crippen molar-refractivity contribution in [2.75, 3.05) is 6.26 Å². The Morgan fingerprint density at radius 2 is 1.94 bits per heavy atom. The molecule has 0 heterocycles. The number of hydrogen-bond donors (Lipinski definition) is 0. The number of hydrogen-bond acceptors (Lipinski definition) is 4. The minimum absolute atomic E-state index is 0.0109. The maximum atomic E-state index is 11.4. The number of esters is 1. The Balaban J connectivity index is 4.48. The van der Waals surface area contributed by atoms with Crippen molar-refractivity contribution < 1.29 is 17.9 Å². The lowest BCUT2D eigenvalue weighted by atomic mass is 10.1. The lowest BCUT2D eigenvalue weighted by Crippen LogP contribution is -2.24. The van der Waals surface area contributed by atoms with E-state index in [-0.39, 0.29) is 10.8 Å². The van der Waals surface area contributed by atoms with Gasteiger partial charge in [0.05, 0.1) is 13.3 Å². The van der Waals surface area contributed by atoms with Crippen LogP contribution in [0.15, 0.2) is 10.4 Å². The van der Waals surface area contributed by atoms with E-state index in [1.165, 1.54) is 6.08 Å². The molecule has 6 heteroatoms. The largest absolute Gasteiger partial charge is 0.460 e. The van der Waals surface area contributed by atoms with Crippen molar-refractivity contribution in [1.82, 2.24) is 0 Å². The van der Waals surface area contributed by atoms with Crippen LogP contribution in [0.5, 0.6) is 0 Å². The smallest absolute Gasteiger partial charge is 0.311 e. The molecular weight excluding hydrogens is 264 g/mol. The van der Waals surface area contributed by atoms with E-state index in [4.69, 9.17) is 16.3 Å². The van der Waals surface area contributed by atoms with E-state index in [1.807, 2.05) is 0 Å². The summed E-state index contributed by atoms with van der Waals surface area (Å²) in [5.74, 6) is -0.973. The topological polar surface area (TPSA) is 60.4 Å². The molecule has 0 aliphatic rings. The normalized spacial score (nSPS) is 15.5. The molecule has 0 radical (unpaired) electrons. The van der Waals surface area contributed by atoms with Gasteiger partial charge in [0.25, 0.3) is 0 Å². The number of sulfone groups is 1. The van der Waals surface area contributed by atoms with E-state index in [0.717, 1.165) is 6.26 Å². The van der Waals surface area contributed by atoms with Gasteiger partial charge in [-0.15, -0.1) is 0 Å². The van der Waals surface area contributed by atoms with E-state index in [9.17, 15) is 13.2 Å². The third-order valence-electron chi connectivity index (χ3n) is 1.57. The second kappa shape index (κ2) is 5.78. The quantitative estimate of drug-likeness (QED) is 0.586. The highest BCUT2D eigenvalue weighted by Crippen LogP contribution is 2.17. The number of carbonyl (C=O) groups excluding carboxylic acids is 1. The summed E-state index contributed by atoms with van der Waals surface area (Å²) >= 11 is 5.55. The summed E-state index contributed by atoms with van der Waals surface area (Å²) < 4.78 is 26.8. The molecule has 4 nitrogen and oxygen atoms in total. The lowest BCUT2D eigenvalue weighted by Gasteiger charge is -2.19. The van der Waals surface area contributed by atoms with Crippen LogP contribution in [0.3, 0.4) is 0 Å². The maximum absolute atomic E-state index is 11.4. The van der Waals surface area contributed by atoms with Crippen molar-refractivity contribution in [3.63, 3.8) is 0 Å². The molecule has 98 valence electrons. The molecular formula is C11H18ClO4S+. The van der Waals surface area contributed by atoms with Gasteiger partial charge in [-0.3, -0.25) is 4.79 Å². The summed E-state index contributed by atoms with van der Waals surface area (Å²) in [6, 6.07) is 0. The molecule has 0 amide bonds. The zero-order valence-electron chi connectivity index (χ0n) is 10.5. The third-order valence-corrected chi connectivity index (χ3v) is 3.38. The minimum Gasteiger partial charge on any atom is -0.460 e. The van der Waals surface area contributed by atoms with Crippen LogP contribution < -0.4 is 0 Å². The number of halogens is 1. The second-order valence-electron chi connectivity index (χ2n) is 4.79. The van der Waals surface area contributed by atoms with Gasteiger partial charge in [-0.25, -0.2) is 8.42 Å². The van der Waals surface area contributed by atoms with Crippen LogP contribution in [0.2, 0.25) is 0 Å². The van der Waals surface area contributed by atoms with Crippen LogP contribution in [0.4, 0.5) is 0 Å². The summed E-state index contributed by atoms with van der Waals surface area (Å²) in [5, 5.41) is 0. The van der Waals surface area contributed by atoms with Crippen molar-refractivity contribution in [3.05, 3.63) is 17.4 Å². The molecule has 0 spiro atoms. The summed E-state index contributed by atoms with van der Waals surface area (Å²) in [6.07, 6.45) is 2.22. The van der Waals surface area contributed by atoms with Crippen LogP contribution in [0.25, 0.3) is 0 Å². The van der Waals surface area contributed by atoms with Gasteiger partial charge in [0.2, 0.25) is 0 Å². The molecule has 0 fully saturated rings. The van der Waals surface area contributed by atoms with E-state index in [2.05, 4.69) is 6.92 Å². The first-order valence-electron chi connectivity index (χ1n) is 5.04. The lowest BCUT2D eigenvalue weighted by molar-refractivity contribution is -0.155. The molecule has 0 aliphatic carbocycles. The Labute approximate surface area is 108 Å². The molecule has 1 atom stereocenters. The first-order chi connectivity index (χ1) is 7.42.